The Labute approximate surface area is 126 Å². The van der Waals surface area contributed by atoms with Crippen LogP contribution < -0.4 is 0 Å². The van der Waals surface area contributed by atoms with E-state index >= 15 is 0 Å². The molecule has 104 valence electrons. The molecule has 1 aliphatic rings. The SMILES string of the molecule is CN(Cc1cccnc1)C(=O)c1cc(Br)cn1C1CC1. The van der Waals surface area contributed by atoms with Crippen LogP contribution in [0.25, 0.3) is 0 Å². The Kier molecular flexibility index (Phi) is 3.61. The monoisotopic (exact) mass is 333 g/mol. The molecule has 3 rings (SSSR count). The Morgan fingerprint density at radius 2 is 2.35 bits per heavy atom. The quantitative estimate of drug-likeness (QED) is 0.861. The van der Waals surface area contributed by atoms with Crippen LogP contribution in [0.3, 0.4) is 0 Å². The van der Waals surface area contributed by atoms with Gasteiger partial charge in [-0.05, 0) is 46.5 Å². The average molecular weight is 334 g/mol. The van der Waals surface area contributed by atoms with E-state index in [9.17, 15) is 4.79 Å². The molecule has 2 heterocycles. The fourth-order valence-corrected chi connectivity index (χ4v) is 2.74. The molecule has 1 saturated carbocycles. The van der Waals surface area contributed by atoms with Crippen molar-refractivity contribution in [3.63, 3.8) is 0 Å². The first-order chi connectivity index (χ1) is 9.65. The summed E-state index contributed by atoms with van der Waals surface area (Å²) in [6, 6.07) is 6.26. The highest BCUT2D eigenvalue weighted by atomic mass is 79.9. The smallest absolute Gasteiger partial charge is 0.270 e. The Morgan fingerprint density at radius 3 is 3.00 bits per heavy atom. The van der Waals surface area contributed by atoms with Gasteiger partial charge in [0.1, 0.15) is 5.69 Å². The van der Waals surface area contributed by atoms with E-state index in [1.54, 1.807) is 17.3 Å². The van der Waals surface area contributed by atoms with Gasteiger partial charge in [-0.3, -0.25) is 9.78 Å². The molecule has 0 aliphatic heterocycles. The van der Waals surface area contributed by atoms with Gasteiger partial charge in [0, 0.05) is 42.7 Å². The number of hydrogen-bond acceptors (Lipinski definition) is 2. The molecule has 2 aromatic rings. The van der Waals surface area contributed by atoms with Crippen LogP contribution in [-0.2, 0) is 6.54 Å². The lowest BCUT2D eigenvalue weighted by Crippen LogP contribution is -2.28. The van der Waals surface area contributed by atoms with Crippen LogP contribution in [0.2, 0.25) is 0 Å². The Bertz CT molecular complexity index is 619. The molecule has 0 spiro atoms. The van der Waals surface area contributed by atoms with E-state index in [1.807, 2.05) is 31.4 Å². The third kappa shape index (κ3) is 2.77. The molecule has 2 aromatic heterocycles. The van der Waals surface area contributed by atoms with Crippen LogP contribution in [-0.4, -0.2) is 27.4 Å². The van der Waals surface area contributed by atoms with Gasteiger partial charge in [0.05, 0.1) is 0 Å². The highest BCUT2D eigenvalue weighted by Gasteiger charge is 2.28. The highest BCUT2D eigenvalue weighted by Crippen LogP contribution is 2.37. The average Bonchev–Trinajstić information content (AvgIpc) is 3.22. The zero-order valence-electron chi connectivity index (χ0n) is 11.3. The first-order valence-electron chi connectivity index (χ1n) is 6.67. The van der Waals surface area contributed by atoms with Crippen molar-refractivity contribution in [2.75, 3.05) is 7.05 Å². The normalized spacial score (nSPS) is 14.3. The molecule has 0 saturated heterocycles. The summed E-state index contributed by atoms with van der Waals surface area (Å²) in [6.45, 7) is 0.570. The van der Waals surface area contributed by atoms with E-state index in [0.717, 1.165) is 28.6 Å². The van der Waals surface area contributed by atoms with Crippen LogP contribution in [0.1, 0.15) is 34.9 Å². The summed E-state index contributed by atoms with van der Waals surface area (Å²) in [6.07, 6.45) is 7.85. The molecular formula is C15H16BrN3O. The van der Waals surface area contributed by atoms with Crippen molar-refractivity contribution < 1.29 is 4.79 Å². The molecule has 1 amide bonds. The predicted octanol–water partition coefficient (Wildman–Crippen LogP) is 3.25. The maximum absolute atomic E-state index is 12.6. The Hall–Kier alpha value is -1.62. The largest absolute Gasteiger partial charge is 0.339 e. The van der Waals surface area contributed by atoms with Crippen molar-refractivity contribution in [3.05, 3.63) is 52.5 Å². The van der Waals surface area contributed by atoms with Crippen LogP contribution in [0.5, 0.6) is 0 Å². The zero-order valence-corrected chi connectivity index (χ0v) is 12.9. The van der Waals surface area contributed by atoms with Crippen LogP contribution >= 0.6 is 15.9 Å². The molecular weight excluding hydrogens is 318 g/mol. The second kappa shape index (κ2) is 5.40. The number of carbonyl (C=O) groups excluding carboxylic acids is 1. The van der Waals surface area contributed by atoms with E-state index < -0.39 is 0 Å². The Balaban J connectivity index is 1.78. The molecule has 1 fully saturated rings. The molecule has 4 nitrogen and oxygen atoms in total. The highest BCUT2D eigenvalue weighted by molar-refractivity contribution is 9.10. The second-order valence-corrected chi connectivity index (χ2v) is 6.12. The molecule has 0 unspecified atom stereocenters. The van der Waals surface area contributed by atoms with Gasteiger partial charge in [-0.15, -0.1) is 0 Å². The number of rotatable bonds is 4. The van der Waals surface area contributed by atoms with Gasteiger partial charge in [0.2, 0.25) is 0 Å². The van der Waals surface area contributed by atoms with Crippen molar-refractivity contribution in [1.29, 1.82) is 0 Å². The van der Waals surface area contributed by atoms with Gasteiger partial charge in [-0.1, -0.05) is 6.07 Å². The van der Waals surface area contributed by atoms with E-state index in [2.05, 4.69) is 25.5 Å². The van der Waals surface area contributed by atoms with E-state index in [0.29, 0.717) is 12.6 Å². The summed E-state index contributed by atoms with van der Waals surface area (Å²) in [5.41, 5.74) is 1.79. The van der Waals surface area contributed by atoms with Gasteiger partial charge in [-0.25, -0.2) is 0 Å². The fraction of sp³-hybridized carbons (Fsp3) is 0.333. The zero-order chi connectivity index (χ0) is 14.1. The summed E-state index contributed by atoms with van der Waals surface area (Å²) in [7, 11) is 1.83. The first kappa shape index (κ1) is 13.4. The van der Waals surface area contributed by atoms with Gasteiger partial charge < -0.3 is 9.47 Å². The standard InChI is InChI=1S/C15H16BrN3O/c1-18(9-11-3-2-6-17-8-11)15(20)14-7-12(16)10-19(14)13-4-5-13/h2-3,6-8,10,13H,4-5,9H2,1H3. The number of pyridine rings is 1. The summed E-state index contributed by atoms with van der Waals surface area (Å²) in [5.74, 6) is 0.0476. The fourth-order valence-electron chi connectivity index (χ4n) is 2.30. The summed E-state index contributed by atoms with van der Waals surface area (Å²) in [5, 5.41) is 0. The van der Waals surface area contributed by atoms with Gasteiger partial charge in [0.15, 0.2) is 0 Å². The topological polar surface area (TPSA) is 38.1 Å². The molecule has 1 aliphatic carbocycles. The summed E-state index contributed by atoms with van der Waals surface area (Å²) in [4.78, 5) is 18.4. The van der Waals surface area contributed by atoms with Gasteiger partial charge >= 0.3 is 0 Å². The van der Waals surface area contributed by atoms with Crippen molar-refractivity contribution in [2.24, 2.45) is 0 Å². The first-order valence-corrected chi connectivity index (χ1v) is 7.46. The molecule has 0 N–H and O–H groups in total. The number of aromatic nitrogens is 2. The third-order valence-corrected chi connectivity index (χ3v) is 3.90. The maximum Gasteiger partial charge on any atom is 0.270 e. The third-order valence-electron chi connectivity index (χ3n) is 3.46. The molecule has 5 heteroatoms. The predicted molar refractivity (Wildman–Crippen MR) is 80.4 cm³/mol. The number of nitrogens with zero attached hydrogens (tertiary/aromatic N) is 3. The summed E-state index contributed by atoms with van der Waals surface area (Å²) >= 11 is 3.46. The molecule has 0 aromatic carbocycles. The van der Waals surface area contributed by atoms with Crippen LogP contribution in [0.4, 0.5) is 0 Å². The molecule has 0 atom stereocenters. The van der Waals surface area contributed by atoms with E-state index in [4.69, 9.17) is 0 Å². The number of amides is 1. The second-order valence-electron chi connectivity index (χ2n) is 5.20. The van der Waals surface area contributed by atoms with Crippen molar-refractivity contribution in [1.82, 2.24) is 14.5 Å². The minimum atomic E-state index is 0.0476. The summed E-state index contributed by atoms with van der Waals surface area (Å²) < 4.78 is 3.05. The van der Waals surface area contributed by atoms with Crippen LogP contribution in [0.15, 0.2) is 41.3 Å². The van der Waals surface area contributed by atoms with Crippen molar-refractivity contribution >= 4 is 21.8 Å². The number of hydrogen-bond donors (Lipinski definition) is 0. The Morgan fingerprint density at radius 1 is 1.55 bits per heavy atom. The molecule has 0 radical (unpaired) electrons. The lowest BCUT2D eigenvalue weighted by atomic mass is 10.2. The van der Waals surface area contributed by atoms with Crippen LogP contribution in [0, 0.1) is 0 Å². The molecule has 0 bridgehead atoms. The van der Waals surface area contributed by atoms with E-state index in [1.165, 1.54) is 0 Å². The van der Waals surface area contributed by atoms with Crippen molar-refractivity contribution in [2.45, 2.75) is 25.4 Å². The lowest BCUT2D eigenvalue weighted by molar-refractivity contribution is 0.0774. The lowest BCUT2D eigenvalue weighted by Gasteiger charge is -2.18. The number of carbonyl (C=O) groups is 1. The minimum Gasteiger partial charge on any atom is -0.339 e. The van der Waals surface area contributed by atoms with Gasteiger partial charge in [0.25, 0.3) is 5.91 Å². The van der Waals surface area contributed by atoms with E-state index in [-0.39, 0.29) is 5.91 Å². The number of halogens is 1. The van der Waals surface area contributed by atoms with Gasteiger partial charge in [-0.2, -0.15) is 0 Å². The maximum atomic E-state index is 12.6. The minimum absolute atomic E-state index is 0.0476. The van der Waals surface area contributed by atoms with Crippen molar-refractivity contribution in [3.8, 4) is 0 Å². The molecule has 20 heavy (non-hydrogen) atoms.